The number of piperidine rings is 3. The molecule has 3 saturated heterocycles. The molecule has 1 aromatic rings. The molecule has 9 heteroatoms. The molecule has 0 aliphatic carbocycles. The maximum atomic E-state index is 12.8. The van der Waals surface area contributed by atoms with Crippen LogP contribution in [0.15, 0.2) is 6.20 Å². The third kappa shape index (κ3) is 5.34. The predicted octanol–water partition coefficient (Wildman–Crippen LogP) is 2.14. The van der Waals surface area contributed by atoms with Crippen molar-refractivity contribution in [2.45, 2.75) is 57.0 Å². The van der Waals surface area contributed by atoms with Gasteiger partial charge in [0, 0.05) is 19.1 Å². The van der Waals surface area contributed by atoms with Crippen LogP contribution in [-0.4, -0.2) is 76.0 Å². The highest BCUT2D eigenvalue weighted by Crippen LogP contribution is 2.22. The van der Waals surface area contributed by atoms with Gasteiger partial charge >= 0.3 is 0 Å². The van der Waals surface area contributed by atoms with E-state index in [9.17, 15) is 4.79 Å². The molecule has 0 saturated carbocycles. The summed E-state index contributed by atoms with van der Waals surface area (Å²) in [6.07, 6.45) is 10.2. The Hall–Kier alpha value is -0.890. The van der Waals surface area contributed by atoms with Crippen molar-refractivity contribution in [3.8, 4) is 0 Å². The standard InChI is InChI=1S/C18H30N6O.2ClH/c25-18(17-14-24(21-20-17)16-4-8-19-9-5-16)23-12-6-15(7-13-23)22-10-2-1-3-11-22;;/h14-16,19H,1-13H2;2*1H. The molecule has 0 unspecified atom stereocenters. The third-order valence-electron chi connectivity index (χ3n) is 6.07. The molecule has 0 radical (unpaired) electrons. The monoisotopic (exact) mass is 418 g/mol. The molecule has 0 bridgehead atoms. The summed E-state index contributed by atoms with van der Waals surface area (Å²) < 4.78 is 1.90. The van der Waals surface area contributed by atoms with Crippen LogP contribution < -0.4 is 5.32 Å². The highest BCUT2D eigenvalue weighted by molar-refractivity contribution is 5.92. The molecule has 0 atom stereocenters. The van der Waals surface area contributed by atoms with Crippen LogP contribution in [0.1, 0.15) is 61.5 Å². The van der Waals surface area contributed by atoms with Gasteiger partial charge in [-0.1, -0.05) is 11.6 Å². The maximum Gasteiger partial charge on any atom is 0.276 e. The Balaban J connectivity index is 0.00000131. The zero-order chi connectivity index (χ0) is 17.1. The molecule has 3 fully saturated rings. The van der Waals surface area contributed by atoms with Gasteiger partial charge in [0.1, 0.15) is 0 Å². The Morgan fingerprint density at radius 3 is 2.26 bits per heavy atom. The van der Waals surface area contributed by atoms with E-state index in [1.54, 1.807) is 0 Å². The molecule has 1 N–H and O–H groups in total. The number of amides is 1. The van der Waals surface area contributed by atoms with Crippen molar-refractivity contribution >= 4 is 30.7 Å². The fraction of sp³-hybridized carbons (Fsp3) is 0.833. The van der Waals surface area contributed by atoms with Crippen LogP contribution in [0, 0.1) is 0 Å². The molecule has 3 aliphatic rings. The first-order valence-electron chi connectivity index (χ1n) is 9.97. The summed E-state index contributed by atoms with van der Waals surface area (Å²) in [4.78, 5) is 17.4. The number of nitrogens with one attached hydrogen (secondary N) is 1. The number of nitrogens with zero attached hydrogens (tertiary/aromatic N) is 5. The molecular formula is C18H32Cl2N6O. The Labute approximate surface area is 174 Å². The minimum Gasteiger partial charge on any atom is -0.337 e. The van der Waals surface area contributed by atoms with E-state index in [1.807, 2.05) is 15.8 Å². The van der Waals surface area contributed by atoms with Crippen LogP contribution in [0.2, 0.25) is 0 Å². The van der Waals surface area contributed by atoms with Gasteiger partial charge in [0.05, 0.1) is 12.2 Å². The molecule has 7 nitrogen and oxygen atoms in total. The smallest absolute Gasteiger partial charge is 0.276 e. The SMILES string of the molecule is Cl.Cl.O=C(c1cn(C2CCNCC2)nn1)N1CCC(N2CCCCC2)CC1. The van der Waals surface area contributed by atoms with Crippen LogP contribution in [0.5, 0.6) is 0 Å². The zero-order valence-electron chi connectivity index (χ0n) is 15.9. The lowest BCUT2D eigenvalue weighted by atomic mass is 10.00. The van der Waals surface area contributed by atoms with Gasteiger partial charge in [-0.25, -0.2) is 4.68 Å². The number of carbonyl (C=O) groups is 1. The fourth-order valence-corrected chi connectivity index (χ4v) is 4.50. The molecule has 1 amide bonds. The summed E-state index contributed by atoms with van der Waals surface area (Å²) in [6, 6.07) is 1.04. The summed E-state index contributed by atoms with van der Waals surface area (Å²) in [5.41, 5.74) is 0.509. The number of halogens is 2. The van der Waals surface area contributed by atoms with Crippen molar-refractivity contribution in [3.05, 3.63) is 11.9 Å². The summed E-state index contributed by atoms with van der Waals surface area (Å²) >= 11 is 0. The van der Waals surface area contributed by atoms with Gasteiger partial charge in [-0.2, -0.15) is 0 Å². The lowest BCUT2D eigenvalue weighted by Gasteiger charge is -2.40. The Kier molecular flexibility index (Phi) is 8.79. The largest absolute Gasteiger partial charge is 0.337 e. The van der Waals surface area contributed by atoms with Gasteiger partial charge in [-0.3, -0.25) is 4.79 Å². The average Bonchev–Trinajstić information content (AvgIpc) is 3.19. The van der Waals surface area contributed by atoms with Gasteiger partial charge in [-0.05, 0) is 64.7 Å². The molecular weight excluding hydrogens is 387 g/mol. The van der Waals surface area contributed by atoms with Crippen molar-refractivity contribution < 1.29 is 4.79 Å². The molecule has 4 heterocycles. The highest BCUT2D eigenvalue weighted by atomic mass is 35.5. The van der Waals surface area contributed by atoms with Gasteiger partial charge in [0.25, 0.3) is 5.91 Å². The third-order valence-corrected chi connectivity index (χ3v) is 6.07. The van der Waals surface area contributed by atoms with Crippen molar-refractivity contribution in [1.82, 2.24) is 30.1 Å². The molecule has 0 spiro atoms. The summed E-state index contributed by atoms with van der Waals surface area (Å²) in [7, 11) is 0. The number of hydrogen-bond acceptors (Lipinski definition) is 5. The van der Waals surface area contributed by atoms with Crippen LogP contribution in [0.4, 0.5) is 0 Å². The fourth-order valence-electron chi connectivity index (χ4n) is 4.50. The van der Waals surface area contributed by atoms with Crippen molar-refractivity contribution in [2.24, 2.45) is 0 Å². The Morgan fingerprint density at radius 1 is 0.926 bits per heavy atom. The number of rotatable bonds is 3. The molecule has 0 aromatic carbocycles. The maximum absolute atomic E-state index is 12.8. The van der Waals surface area contributed by atoms with E-state index in [4.69, 9.17) is 0 Å². The van der Waals surface area contributed by atoms with E-state index in [-0.39, 0.29) is 30.7 Å². The molecule has 154 valence electrons. The van der Waals surface area contributed by atoms with Crippen molar-refractivity contribution in [2.75, 3.05) is 39.3 Å². The average molecular weight is 419 g/mol. The molecule has 3 aliphatic heterocycles. The van der Waals surface area contributed by atoms with Crippen LogP contribution in [-0.2, 0) is 0 Å². The van der Waals surface area contributed by atoms with Gasteiger partial charge in [0.2, 0.25) is 0 Å². The first-order valence-corrected chi connectivity index (χ1v) is 9.97. The summed E-state index contributed by atoms with van der Waals surface area (Å²) in [6.45, 7) is 6.20. The molecule has 27 heavy (non-hydrogen) atoms. The second kappa shape index (κ2) is 10.6. The first kappa shape index (κ1) is 22.4. The van der Waals surface area contributed by atoms with E-state index in [2.05, 4.69) is 20.5 Å². The number of carbonyl (C=O) groups excluding carboxylic acids is 1. The zero-order valence-corrected chi connectivity index (χ0v) is 17.5. The molecule has 1 aromatic heterocycles. The van der Waals surface area contributed by atoms with Gasteiger partial charge in [-0.15, -0.1) is 29.9 Å². The predicted molar refractivity (Wildman–Crippen MR) is 110 cm³/mol. The topological polar surface area (TPSA) is 66.3 Å². The van der Waals surface area contributed by atoms with Crippen LogP contribution in [0.3, 0.4) is 0 Å². The quantitative estimate of drug-likeness (QED) is 0.813. The number of hydrogen-bond donors (Lipinski definition) is 1. The minimum atomic E-state index is 0. The minimum absolute atomic E-state index is 0. The summed E-state index contributed by atoms with van der Waals surface area (Å²) in [5.74, 6) is 0.0530. The lowest BCUT2D eigenvalue weighted by Crippen LogP contribution is -2.48. The van der Waals surface area contributed by atoms with E-state index in [1.165, 1.54) is 32.4 Å². The van der Waals surface area contributed by atoms with E-state index >= 15 is 0 Å². The normalized spacial score (nSPS) is 22.7. The van der Waals surface area contributed by atoms with Crippen molar-refractivity contribution in [3.63, 3.8) is 0 Å². The number of likely N-dealkylation sites (tertiary alicyclic amines) is 2. The second-order valence-corrected chi connectivity index (χ2v) is 7.68. The Bertz CT molecular complexity index is 578. The van der Waals surface area contributed by atoms with Crippen LogP contribution >= 0.6 is 24.8 Å². The Morgan fingerprint density at radius 2 is 1.59 bits per heavy atom. The second-order valence-electron chi connectivity index (χ2n) is 7.68. The van der Waals surface area contributed by atoms with Crippen molar-refractivity contribution in [1.29, 1.82) is 0 Å². The highest BCUT2D eigenvalue weighted by Gasteiger charge is 2.29. The summed E-state index contributed by atoms with van der Waals surface area (Å²) in [5, 5.41) is 11.7. The van der Waals surface area contributed by atoms with E-state index in [0.29, 0.717) is 17.8 Å². The molecule has 4 rings (SSSR count). The van der Waals surface area contributed by atoms with Crippen LogP contribution in [0.25, 0.3) is 0 Å². The van der Waals surface area contributed by atoms with E-state index in [0.717, 1.165) is 51.9 Å². The van der Waals surface area contributed by atoms with Gasteiger partial charge in [0.15, 0.2) is 5.69 Å². The van der Waals surface area contributed by atoms with Gasteiger partial charge < -0.3 is 15.1 Å². The lowest BCUT2D eigenvalue weighted by molar-refractivity contribution is 0.0584. The van der Waals surface area contributed by atoms with E-state index < -0.39 is 0 Å². The number of aromatic nitrogens is 3. The first-order chi connectivity index (χ1) is 12.3.